The molecule has 0 N–H and O–H groups in total. The number of rotatable bonds is 5. The van der Waals surface area contributed by atoms with Crippen molar-refractivity contribution >= 4 is 22.7 Å². The monoisotopic (exact) mass is 502 g/mol. The molecule has 0 saturated heterocycles. The Morgan fingerprint density at radius 1 is 0.838 bits per heavy atom. The maximum atomic E-state index is 13.4. The van der Waals surface area contributed by atoms with Crippen molar-refractivity contribution in [1.29, 1.82) is 0 Å². The van der Waals surface area contributed by atoms with E-state index in [1.165, 1.54) is 38.5 Å². The lowest BCUT2D eigenvalue weighted by Crippen LogP contribution is -2.11. The molecule has 0 fully saturated rings. The van der Waals surface area contributed by atoms with Crippen molar-refractivity contribution in [3.8, 4) is 39.9 Å². The van der Waals surface area contributed by atoms with Crippen LogP contribution < -0.4 is 23.7 Å². The van der Waals surface area contributed by atoms with E-state index in [2.05, 4.69) is 0 Å². The zero-order chi connectivity index (χ0) is 25.7. The van der Waals surface area contributed by atoms with Gasteiger partial charge in [0.25, 0.3) is 0 Å². The number of benzene rings is 4. The summed E-state index contributed by atoms with van der Waals surface area (Å²) in [5, 5.41) is 1.06. The normalized spacial score (nSPS) is 13.3. The molecule has 0 atom stereocenters. The molecule has 0 aromatic heterocycles. The van der Waals surface area contributed by atoms with Crippen LogP contribution in [0, 0.1) is 5.82 Å². The Morgan fingerprint density at radius 2 is 1.54 bits per heavy atom. The van der Waals surface area contributed by atoms with Crippen molar-refractivity contribution in [3.05, 3.63) is 77.1 Å². The maximum absolute atomic E-state index is 13.4. The predicted molar refractivity (Wildman–Crippen MR) is 129 cm³/mol. The van der Waals surface area contributed by atoms with Crippen LogP contribution in [-0.2, 0) is 11.3 Å². The lowest BCUT2D eigenvalue weighted by Gasteiger charge is -2.18. The van der Waals surface area contributed by atoms with Crippen molar-refractivity contribution < 1.29 is 42.4 Å². The van der Waals surface area contributed by atoms with Gasteiger partial charge in [-0.05, 0) is 59.5 Å². The van der Waals surface area contributed by atoms with Gasteiger partial charge in [0, 0.05) is 16.5 Å². The number of carbonyl (C=O) groups excluding carboxylic acids is 2. The van der Waals surface area contributed by atoms with Gasteiger partial charge in [0.2, 0.25) is 6.79 Å². The zero-order valence-electron chi connectivity index (χ0n) is 19.8. The molecule has 8 nitrogen and oxygen atoms in total. The third kappa shape index (κ3) is 3.67. The summed E-state index contributed by atoms with van der Waals surface area (Å²) < 4.78 is 46.7. The Morgan fingerprint density at radius 3 is 2.27 bits per heavy atom. The van der Waals surface area contributed by atoms with E-state index < -0.39 is 17.8 Å². The lowest BCUT2D eigenvalue weighted by atomic mass is 9.89. The van der Waals surface area contributed by atoms with Gasteiger partial charge in [-0.2, -0.15) is 0 Å². The average Bonchev–Trinajstić information content (AvgIpc) is 3.54. The number of cyclic esters (lactones) is 1. The molecule has 0 spiro atoms. The molecule has 0 saturated carbocycles. The van der Waals surface area contributed by atoms with E-state index in [1.807, 2.05) is 6.07 Å². The molecule has 0 radical (unpaired) electrons. The third-order valence-corrected chi connectivity index (χ3v) is 6.35. The number of carbonyl (C=O) groups is 2. The molecule has 4 aromatic carbocycles. The predicted octanol–water partition coefficient (Wildman–Crippen LogP) is 5.28. The van der Waals surface area contributed by atoms with Gasteiger partial charge in [0.05, 0.1) is 25.3 Å². The summed E-state index contributed by atoms with van der Waals surface area (Å²) in [6.45, 7) is 0.00497. The number of hydrogen-bond acceptors (Lipinski definition) is 8. The molecule has 0 unspecified atom stereocenters. The second kappa shape index (κ2) is 8.70. The number of ether oxygens (including phenoxy) is 6. The van der Waals surface area contributed by atoms with Gasteiger partial charge in [-0.3, -0.25) is 0 Å². The van der Waals surface area contributed by atoms with E-state index in [-0.39, 0.29) is 30.3 Å². The molecule has 186 valence electrons. The standard InChI is InChI=1S/C28H19FO8/c1-32-21-10-17-18(11-22(21)33-2)26(37-27(30)14-3-6-16(29)7-4-14)19-12-34-28(31)25(19)24(17)15-5-8-20-23(9-15)36-13-35-20/h3-11H,12-13H2,1-2H3. The molecular weight excluding hydrogens is 483 g/mol. The molecule has 0 aliphatic carbocycles. The minimum Gasteiger partial charge on any atom is -0.493 e. The summed E-state index contributed by atoms with van der Waals surface area (Å²) in [6.07, 6.45) is 0. The van der Waals surface area contributed by atoms with E-state index >= 15 is 0 Å². The Balaban J connectivity index is 1.63. The van der Waals surface area contributed by atoms with Crippen LogP contribution in [0.2, 0.25) is 0 Å². The largest absolute Gasteiger partial charge is 0.493 e. The summed E-state index contributed by atoms with van der Waals surface area (Å²) in [6, 6.07) is 13.7. The summed E-state index contributed by atoms with van der Waals surface area (Å²) in [7, 11) is 2.99. The molecule has 2 heterocycles. The van der Waals surface area contributed by atoms with E-state index in [0.717, 1.165) is 0 Å². The van der Waals surface area contributed by atoms with Crippen LogP contribution in [0.3, 0.4) is 0 Å². The van der Waals surface area contributed by atoms with Crippen molar-refractivity contribution in [3.63, 3.8) is 0 Å². The van der Waals surface area contributed by atoms with Crippen LogP contribution in [0.25, 0.3) is 21.9 Å². The first-order valence-electron chi connectivity index (χ1n) is 11.3. The first kappa shape index (κ1) is 22.7. The Hall–Kier alpha value is -4.79. The highest BCUT2D eigenvalue weighted by molar-refractivity contribution is 6.14. The van der Waals surface area contributed by atoms with Gasteiger partial charge >= 0.3 is 11.9 Å². The van der Waals surface area contributed by atoms with E-state index in [4.69, 9.17) is 28.4 Å². The second-order valence-electron chi connectivity index (χ2n) is 8.35. The average molecular weight is 502 g/mol. The number of hydrogen-bond donors (Lipinski definition) is 0. The number of halogens is 1. The van der Waals surface area contributed by atoms with Crippen LogP contribution in [0.1, 0.15) is 26.3 Å². The van der Waals surface area contributed by atoms with Crippen LogP contribution in [0.4, 0.5) is 4.39 Å². The minimum atomic E-state index is -0.714. The summed E-state index contributed by atoms with van der Waals surface area (Å²) in [5.41, 5.74) is 2.06. The SMILES string of the molecule is COc1cc2c(OC(=O)c3ccc(F)cc3)c3c(c(-c4ccc5c(c4)OCO5)c2cc1OC)C(=O)OC3. The van der Waals surface area contributed by atoms with Crippen molar-refractivity contribution in [2.24, 2.45) is 0 Å². The lowest BCUT2D eigenvalue weighted by molar-refractivity contribution is 0.0534. The molecule has 2 aliphatic rings. The minimum absolute atomic E-state index is 0.0952. The molecule has 6 rings (SSSR count). The van der Waals surface area contributed by atoms with Gasteiger partial charge in [-0.1, -0.05) is 6.07 Å². The summed E-state index contributed by atoms with van der Waals surface area (Å²) in [5.74, 6) is 0.346. The Labute approximate surface area is 210 Å². The van der Waals surface area contributed by atoms with Gasteiger partial charge in [0.15, 0.2) is 23.0 Å². The summed E-state index contributed by atoms with van der Waals surface area (Å²) >= 11 is 0. The molecule has 2 aliphatic heterocycles. The topological polar surface area (TPSA) is 89.5 Å². The molecular formula is C28H19FO8. The number of fused-ring (bicyclic) bond motifs is 3. The third-order valence-electron chi connectivity index (χ3n) is 6.35. The van der Waals surface area contributed by atoms with Gasteiger partial charge in [-0.25, -0.2) is 14.0 Å². The van der Waals surface area contributed by atoms with Crippen molar-refractivity contribution in [2.45, 2.75) is 6.61 Å². The van der Waals surface area contributed by atoms with Crippen LogP contribution >= 0.6 is 0 Å². The van der Waals surface area contributed by atoms with E-state index in [1.54, 1.807) is 24.3 Å². The van der Waals surface area contributed by atoms with Crippen molar-refractivity contribution in [1.82, 2.24) is 0 Å². The Bertz CT molecular complexity index is 1590. The van der Waals surface area contributed by atoms with Crippen molar-refractivity contribution in [2.75, 3.05) is 21.0 Å². The van der Waals surface area contributed by atoms with Crippen LogP contribution in [0.15, 0.2) is 54.6 Å². The van der Waals surface area contributed by atoms with Gasteiger partial charge < -0.3 is 28.4 Å². The molecule has 9 heteroatoms. The molecule has 0 bridgehead atoms. The first-order chi connectivity index (χ1) is 18.0. The Kier molecular flexibility index (Phi) is 5.33. The quantitative estimate of drug-likeness (QED) is 0.269. The fourth-order valence-electron chi connectivity index (χ4n) is 4.61. The molecule has 0 amide bonds. The van der Waals surface area contributed by atoms with Gasteiger partial charge in [-0.15, -0.1) is 0 Å². The zero-order valence-corrected chi connectivity index (χ0v) is 19.8. The summed E-state index contributed by atoms with van der Waals surface area (Å²) in [4.78, 5) is 26.1. The van der Waals surface area contributed by atoms with Crippen LogP contribution in [-0.4, -0.2) is 33.0 Å². The maximum Gasteiger partial charge on any atom is 0.343 e. The number of methoxy groups -OCH3 is 2. The van der Waals surface area contributed by atoms with Gasteiger partial charge in [0.1, 0.15) is 18.2 Å². The highest BCUT2D eigenvalue weighted by Gasteiger charge is 2.34. The van der Waals surface area contributed by atoms with Crippen LogP contribution in [0.5, 0.6) is 28.7 Å². The highest BCUT2D eigenvalue weighted by Crippen LogP contribution is 2.49. The molecule has 4 aromatic rings. The fourth-order valence-corrected chi connectivity index (χ4v) is 4.61. The number of esters is 2. The molecule has 37 heavy (non-hydrogen) atoms. The fraction of sp³-hybridized carbons (Fsp3) is 0.143. The van der Waals surface area contributed by atoms with E-state index in [0.29, 0.717) is 50.5 Å². The van der Waals surface area contributed by atoms with E-state index in [9.17, 15) is 14.0 Å². The first-order valence-corrected chi connectivity index (χ1v) is 11.3. The smallest absolute Gasteiger partial charge is 0.343 e. The second-order valence-corrected chi connectivity index (χ2v) is 8.35. The highest BCUT2D eigenvalue weighted by atomic mass is 19.1.